The predicted octanol–water partition coefficient (Wildman–Crippen LogP) is 1.28. The highest BCUT2D eigenvalue weighted by atomic mass is 32.2. The van der Waals surface area contributed by atoms with Crippen molar-refractivity contribution in [1.29, 1.82) is 0 Å². The maximum Gasteiger partial charge on any atom is 0.0479 e. The molecule has 0 aromatic carbocycles. The molecule has 0 aromatic heterocycles. The van der Waals surface area contributed by atoms with Gasteiger partial charge in [0.1, 0.15) is 0 Å². The van der Waals surface area contributed by atoms with Gasteiger partial charge in [-0.15, -0.1) is 0 Å². The Bertz CT molecular complexity index is 90.7. The van der Waals surface area contributed by atoms with Crippen LogP contribution in [0.4, 0.5) is 0 Å². The maximum absolute atomic E-state index is 5.23. The summed E-state index contributed by atoms with van der Waals surface area (Å²) in [6.45, 7) is 2.01. The molecule has 1 spiro atoms. The molecule has 2 heteroatoms. The smallest absolute Gasteiger partial charge is 0.0479 e. The highest BCUT2D eigenvalue weighted by molar-refractivity contribution is 8.07. The molecule has 2 heterocycles. The van der Waals surface area contributed by atoms with Gasteiger partial charge < -0.3 is 4.74 Å². The van der Waals surface area contributed by atoms with Crippen molar-refractivity contribution in [2.75, 3.05) is 19.0 Å². The van der Waals surface area contributed by atoms with Crippen molar-refractivity contribution in [3.63, 3.8) is 0 Å². The van der Waals surface area contributed by atoms with Crippen molar-refractivity contribution in [3.8, 4) is 0 Å². The average Bonchev–Trinajstić information content (AvgIpc) is 2.52. The Labute approximate surface area is 53.8 Å². The molecule has 0 unspecified atom stereocenters. The highest BCUT2D eigenvalue weighted by Crippen LogP contribution is 2.51. The molecule has 0 aromatic rings. The zero-order chi connectivity index (χ0) is 5.45. The third kappa shape index (κ3) is 0.759. The van der Waals surface area contributed by atoms with Crippen molar-refractivity contribution in [1.82, 2.24) is 0 Å². The first-order valence-corrected chi connectivity index (χ1v) is 4.12. The van der Waals surface area contributed by atoms with Crippen LogP contribution in [0.2, 0.25) is 0 Å². The van der Waals surface area contributed by atoms with Gasteiger partial charge in [0.25, 0.3) is 0 Å². The van der Waals surface area contributed by atoms with Gasteiger partial charge in [-0.05, 0) is 12.8 Å². The molecule has 1 nitrogen and oxygen atoms in total. The lowest BCUT2D eigenvalue weighted by molar-refractivity contribution is 0.0881. The first-order valence-electron chi connectivity index (χ1n) is 3.13. The van der Waals surface area contributed by atoms with Gasteiger partial charge in [0.15, 0.2) is 0 Å². The summed E-state index contributed by atoms with van der Waals surface area (Å²) in [4.78, 5) is 0. The van der Waals surface area contributed by atoms with Crippen molar-refractivity contribution < 1.29 is 4.74 Å². The van der Waals surface area contributed by atoms with Crippen LogP contribution in [0.1, 0.15) is 12.8 Å². The predicted molar refractivity (Wildman–Crippen MR) is 35.2 cm³/mol. The van der Waals surface area contributed by atoms with Crippen LogP contribution in [0.15, 0.2) is 0 Å². The third-order valence-electron chi connectivity index (χ3n) is 1.96. The first kappa shape index (κ1) is 5.12. The summed E-state index contributed by atoms with van der Waals surface area (Å²) in [5.74, 6) is 1.40. The van der Waals surface area contributed by atoms with E-state index in [0.29, 0.717) is 0 Å². The SMILES string of the molecule is C1CC2(CCO1)CS2. The molecule has 0 atom stereocenters. The van der Waals surface area contributed by atoms with Gasteiger partial charge in [0.2, 0.25) is 0 Å². The summed E-state index contributed by atoms with van der Waals surface area (Å²) in [6.07, 6.45) is 2.61. The molecule has 0 radical (unpaired) electrons. The molecular formula is C6H10OS. The lowest BCUT2D eigenvalue weighted by Gasteiger charge is -2.18. The van der Waals surface area contributed by atoms with Crippen LogP contribution in [0.3, 0.4) is 0 Å². The Kier molecular flexibility index (Phi) is 1.05. The highest BCUT2D eigenvalue weighted by Gasteiger charge is 2.44. The van der Waals surface area contributed by atoms with Crippen molar-refractivity contribution >= 4 is 11.8 Å². The Morgan fingerprint density at radius 1 is 1.25 bits per heavy atom. The molecule has 8 heavy (non-hydrogen) atoms. The molecule has 0 N–H and O–H groups in total. The Balaban J connectivity index is 1.95. The van der Waals surface area contributed by atoms with E-state index in [-0.39, 0.29) is 0 Å². The van der Waals surface area contributed by atoms with Crippen LogP contribution >= 0.6 is 11.8 Å². The number of hydrogen-bond donors (Lipinski definition) is 0. The maximum atomic E-state index is 5.23. The van der Waals surface area contributed by atoms with Gasteiger partial charge in [-0.2, -0.15) is 11.8 Å². The lowest BCUT2D eigenvalue weighted by atomic mass is 10.0. The van der Waals surface area contributed by atoms with Crippen LogP contribution < -0.4 is 0 Å². The van der Waals surface area contributed by atoms with Gasteiger partial charge in [0, 0.05) is 23.7 Å². The molecule has 0 amide bonds. The number of ether oxygens (including phenoxy) is 1. The summed E-state index contributed by atoms with van der Waals surface area (Å²) in [7, 11) is 0. The minimum atomic E-state index is 0.720. The van der Waals surface area contributed by atoms with Crippen LogP contribution in [-0.2, 0) is 4.74 Å². The average molecular weight is 130 g/mol. The number of thioether (sulfide) groups is 1. The fraction of sp³-hybridized carbons (Fsp3) is 1.00. The van der Waals surface area contributed by atoms with Gasteiger partial charge in [-0.25, -0.2) is 0 Å². The van der Waals surface area contributed by atoms with E-state index >= 15 is 0 Å². The van der Waals surface area contributed by atoms with Gasteiger partial charge in [-0.1, -0.05) is 0 Å². The van der Waals surface area contributed by atoms with Crippen LogP contribution in [0.25, 0.3) is 0 Å². The van der Waals surface area contributed by atoms with Crippen LogP contribution in [0.5, 0.6) is 0 Å². The fourth-order valence-electron chi connectivity index (χ4n) is 1.13. The summed E-state index contributed by atoms with van der Waals surface area (Å²) in [5, 5.41) is 0. The largest absolute Gasteiger partial charge is 0.381 e. The van der Waals surface area contributed by atoms with Crippen LogP contribution in [-0.4, -0.2) is 23.7 Å². The molecule has 0 saturated carbocycles. The molecule has 2 fully saturated rings. The van der Waals surface area contributed by atoms with Gasteiger partial charge in [-0.3, -0.25) is 0 Å². The fourth-order valence-corrected chi connectivity index (χ4v) is 2.08. The second-order valence-electron chi connectivity index (χ2n) is 2.58. The lowest BCUT2D eigenvalue weighted by Crippen LogP contribution is -2.21. The Morgan fingerprint density at radius 3 is 2.25 bits per heavy atom. The quantitative estimate of drug-likeness (QED) is 0.457. The zero-order valence-electron chi connectivity index (χ0n) is 4.85. The molecule has 2 rings (SSSR count). The Hall–Kier alpha value is 0.310. The molecule has 46 valence electrons. The van der Waals surface area contributed by atoms with E-state index in [1.807, 2.05) is 0 Å². The molecule has 2 saturated heterocycles. The second kappa shape index (κ2) is 1.64. The van der Waals surface area contributed by atoms with E-state index in [0.717, 1.165) is 18.0 Å². The van der Waals surface area contributed by atoms with E-state index in [1.165, 1.54) is 18.6 Å². The summed E-state index contributed by atoms with van der Waals surface area (Å²) in [5.41, 5.74) is 0. The molecule has 2 aliphatic rings. The minimum Gasteiger partial charge on any atom is -0.381 e. The molecule has 0 aliphatic carbocycles. The first-order chi connectivity index (χ1) is 3.91. The summed E-state index contributed by atoms with van der Waals surface area (Å²) >= 11 is 2.11. The van der Waals surface area contributed by atoms with Crippen LogP contribution in [0, 0.1) is 0 Å². The monoisotopic (exact) mass is 130 g/mol. The van der Waals surface area contributed by atoms with Gasteiger partial charge in [0.05, 0.1) is 0 Å². The van der Waals surface area contributed by atoms with Gasteiger partial charge >= 0.3 is 0 Å². The number of hydrogen-bond acceptors (Lipinski definition) is 2. The molecule has 2 aliphatic heterocycles. The van der Waals surface area contributed by atoms with E-state index < -0.39 is 0 Å². The number of rotatable bonds is 0. The topological polar surface area (TPSA) is 9.23 Å². The molecular weight excluding hydrogens is 120 g/mol. The minimum absolute atomic E-state index is 0.720. The Morgan fingerprint density at radius 2 is 1.88 bits per heavy atom. The molecule has 0 bridgehead atoms. The second-order valence-corrected chi connectivity index (χ2v) is 4.03. The summed E-state index contributed by atoms with van der Waals surface area (Å²) in [6, 6.07) is 0. The zero-order valence-corrected chi connectivity index (χ0v) is 5.67. The van der Waals surface area contributed by atoms with E-state index in [2.05, 4.69) is 11.8 Å². The van der Waals surface area contributed by atoms with Crippen molar-refractivity contribution in [3.05, 3.63) is 0 Å². The normalized spacial score (nSPS) is 33.0. The summed E-state index contributed by atoms with van der Waals surface area (Å²) < 4.78 is 5.95. The van der Waals surface area contributed by atoms with E-state index in [9.17, 15) is 0 Å². The van der Waals surface area contributed by atoms with Crippen molar-refractivity contribution in [2.45, 2.75) is 17.6 Å². The van der Waals surface area contributed by atoms with E-state index in [1.54, 1.807) is 0 Å². The van der Waals surface area contributed by atoms with Crippen molar-refractivity contribution in [2.24, 2.45) is 0 Å². The van der Waals surface area contributed by atoms with E-state index in [4.69, 9.17) is 4.74 Å². The standard InChI is InChI=1S/C6H10OS/c1-3-7-4-2-6(1)5-8-6/h1-5H2. The third-order valence-corrected chi connectivity index (χ3v) is 3.47.